The first-order valence-electron chi connectivity index (χ1n) is 8.67. The van der Waals surface area contributed by atoms with E-state index < -0.39 is 55.0 Å². The van der Waals surface area contributed by atoms with Gasteiger partial charge in [-0.05, 0) is 31.5 Å². The molecule has 6 atom stereocenters. The van der Waals surface area contributed by atoms with Gasteiger partial charge in [0.25, 0.3) is 0 Å². The van der Waals surface area contributed by atoms with E-state index in [9.17, 15) is 35.4 Å². The first-order chi connectivity index (χ1) is 13.0. The number of rotatable bonds is 7. The van der Waals surface area contributed by atoms with Crippen molar-refractivity contribution in [3.8, 4) is 5.75 Å². The predicted molar refractivity (Wildman–Crippen MR) is 92.9 cm³/mol. The van der Waals surface area contributed by atoms with Gasteiger partial charge in [0.2, 0.25) is 6.29 Å². The van der Waals surface area contributed by atoms with E-state index in [-0.39, 0.29) is 12.4 Å². The van der Waals surface area contributed by atoms with Crippen LogP contribution in [0, 0.1) is 0 Å². The summed E-state index contributed by atoms with van der Waals surface area (Å²) in [5, 5.41) is 57.8. The number of carbonyl (C=O) groups excluding carboxylic acids is 1. The third kappa shape index (κ3) is 5.39. The summed E-state index contributed by atoms with van der Waals surface area (Å²) >= 11 is 0. The Morgan fingerprint density at radius 3 is 2.29 bits per heavy atom. The zero-order valence-corrected chi connectivity index (χ0v) is 15.5. The van der Waals surface area contributed by atoms with Crippen molar-refractivity contribution in [2.75, 3.05) is 6.61 Å². The van der Waals surface area contributed by atoms with Crippen LogP contribution in [0.2, 0.25) is 0 Å². The molecule has 1 fully saturated rings. The number of carbonyl (C=O) groups is 1. The maximum absolute atomic E-state index is 11.7. The summed E-state index contributed by atoms with van der Waals surface area (Å²) in [6, 6.07) is 6.11. The van der Waals surface area contributed by atoms with Crippen LogP contribution in [0.4, 0.5) is 0 Å². The minimum Gasteiger partial charge on any atom is -0.462 e. The van der Waals surface area contributed by atoms with Gasteiger partial charge < -0.3 is 44.8 Å². The smallest absolute Gasteiger partial charge is 0.338 e. The number of aliphatic hydroxyl groups excluding tert-OH is 5. The Labute approximate surface area is 161 Å². The third-order valence-corrected chi connectivity index (χ3v) is 4.30. The van der Waals surface area contributed by atoms with Crippen LogP contribution in [-0.2, 0) is 20.9 Å². The maximum atomic E-state index is 11.7. The molecule has 1 aromatic rings. The van der Waals surface area contributed by atoms with Crippen LogP contribution in [0.1, 0.15) is 19.4 Å². The number of hydrogen-bond donors (Lipinski definition) is 6. The van der Waals surface area contributed by atoms with E-state index in [1.165, 1.54) is 26.0 Å². The fraction of sp³-hybridized carbons (Fsp3) is 0.611. The average Bonchev–Trinajstić information content (AvgIpc) is 2.66. The van der Waals surface area contributed by atoms with Crippen molar-refractivity contribution >= 4 is 5.97 Å². The highest BCUT2D eigenvalue weighted by molar-refractivity contribution is 5.75. The van der Waals surface area contributed by atoms with Crippen molar-refractivity contribution in [1.82, 2.24) is 0 Å². The Morgan fingerprint density at radius 1 is 1.14 bits per heavy atom. The summed E-state index contributed by atoms with van der Waals surface area (Å²) < 4.78 is 15.6. The Kier molecular flexibility index (Phi) is 7.34. The number of esters is 1. The summed E-state index contributed by atoms with van der Waals surface area (Å²) in [4.78, 5) is 11.7. The first-order valence-corrected chi connectivity index (χ1v) is 8.67. The zero-order chi connectivity index (χ0) is 21.1. The van der Waals surface area contributed by atoms with Gasteiger partial charge >= 0.3 is 5.97 Å². The molecule has 1 saturated heterocycles. The Hall–Kier alpha value is -1.79. The molecule has 0 amide bonds. The molecule has 0 radical (unpaired) electrons. The lowest BCUT2D eigenvalue weighted by atomic mass is 9.99. The molecule has 1 aliphatic rings. The lowest BCUT2D eigenvalue weighted by molar-refractivity contribution is -0.277. The highest BCUT2D eigenvalue weighted by Crippen LogP contribution is 2.24. The molecule has 0 unspecified atom stereocenters. The molecular weight excluding hydrogens is 376 g/mol. The molecule has 0 saturated carbocycles. The molecule has 1 aromatic carbocycles. The van der Waals surface area contributed by atoms with Crippen LogP contribution in [0.15, 0.2) is 24.3 Å². The van der Waals surface area contributed by atoms with Gasteiger partial charge in [0.05, 0.1) is 12.2 Å². The summed E-state index contributed by atoms with van der Waals surface area (Å²) in [5.41, 5.74) is -1.06. The molecule has 0 bridgehead atoms. The third-order valence-electron chi connectivity index (χ3n) is 4.30. The average molecular weight is 402 g/mol. The number of aliphatic hydroxyl groups is 6. The fourth-order valence-electron chi connectivity index (χ4n) is 2.48. The van der Waals surface area contributed by atoms with Crippen LogP contribution in [0.25, 0.3) is 0 Å². The van der Waals surface area contributed by atoms with Gasteiger partial charge in [0.15, 0.2) is 6.10 Å². The van der Waals surface area contributed by atoms with E-state index in [1.54, 1.807) is 12.1 Å². The van der Waals surface area contributed by atoms with Crippen molar-refractivity contribution in [3.63, 3.8) is 0 Å². The largest absolute Gasteiger partial charge is 0.462 e. The summed E-state index contributed by atoms with van der Waals surface area (Å²) in [5.74, 6) is -0.704. The second-order valence-corrected chi connectivity index (χ2v) is 7.12. The fourth-order valence-corrected chi connectivity index (χ4v) is 2.48. The lowest BCUT2D eigenvalue weighted by Gasteiger charge is -2.39. The molecule has 28 heavy (non-hydrogen) atoms. The number of benzene rings is 1. The van der Waals surface area contributed by atoms with Crippen LogP contribution < -0.4 is 4.74 Å². The maximum Gasteiger partial charge on any atom is 0.338 e. The molecule has 158 valence electrons. The SMILES string of the molecule is CC(C)(O)[C@@H](O)C(=O)OCc1ccc(O[C@H]2O[C@H](CO)[C@@H](O)[C@H](O)[C@H]2O)cc1. The van der Waals surface area contributed by atoms with Crippen molar-refractivity contribution in [1.29, 1.82) is 0 Å². The molecule has 1 heterocycles. The predicted octanol–water partition coefficient (Wildman–Crippen LogP) is -1.96. The van der Waals surface area contributed by atoms with Gasteiger partial charge in [-0.3, -0.25) is 0 Å². The van der Waals surface area contributed by atoms with Crippen LogP contribution in [0.5, 0.6) is 5.75 Å². The first kappa shape index (κ1) is 22.5. The van der Waals surface area contributed by atoms with Gasteiger partial charge in [-0.15, -0.1) is 0 Å². The monoisotopic (exact) mass is 402 g/mol. The summed E-state index contributed by atoms with van der Waals surface area (Å²) in [6.45, 7) is 1.85. The van der Waals surface area contributed by atoms with E-state index in [2.05, 4.69) is 0 Å². The lowest BCUT2D eigenvalue weighted by Crippen LogP contribution is -2.60. The van der Waals surface area contributed by atoms with Crippen LogP contribution in [-0.4, -0.2) is 85.6 Å². The normalized spacial score (nSPS) is 29.2. The summed E-state index contributed by atoms with van der Waals surface area (Å²) in [6.07, 6.45) is -8.61. The molecular formula is C18H26O10. The van der Waals surface area contributed by atoms with Gasteiger partial charge in [-0.2, -0.15) is 0 Å². The topological polar surface area (TPSA) is 166 Å². The van der Waals surface area contributed by atoms with Gasteiger partial charge in [-0.25, -0.2) is 4.79 Å². The number of ether oxygens (including phenoxy) is 3. The van der Waals surface area contributed by atoms with Crippen molar-refractivity contribution in [2.24, 2.45) is 0 Å². The molecule has 2 rings (SSSR count). The molecule has 0 aliphatic carbocycles. The quantitative estimate of drug-likeness (QED) is 0.282. The van der Waals surface area contributed by atoms with Crippen LogP contribution >= 0.6 is 0 Å². The minimum atomic E-state index is -1.68. The number of hydrogen-bond acceptors (Lipinski definition) is 10. The van der Waals surface area contributed by atoms with Gasteiger partial charge in [0, 0.05) is 0 Å². The van der Waals surface area contributed by atoms with E-state index >= 15 is 0 Å². The highest BCUT2D eigenvalue weighted by Gasteiger charge is 2.44. The summed E-state index contributed by atoms with van der Waals surface area (Å²) in [7, 11) is 0. The van der Waals surface area contributed by atoms with E-state index in [0.717, 1.165) is 0 Å². The standard InChI is InChI=1S/C18H26O10/c1-18(2,25)15(23)16(24)26-8-9-3-5-10(6-4-9)27-17-14(22)13(21)12(20)11(7-19)28-17/h3-6,11-15,17,19-23,25H,7-8H2,1-2H3/t11-,12-,13+,14-,15+,17+/m1/s1. The Morgan fingerprint density at radius 2 is 1.75 bits per heavy atom. The van der Waals surface area contributed by atoms with E-state index in [0.29, 0.717) is 5.56 Å². The van der Waals surface area contributed by atoms with E-state index in [1.807, 2.05) is 0 Å². The highest BCUT2D eigenvalue weighted by atomic mass is 16.7. The Bertz CT molecular complexity index is 639. The molecule has 1 aliphatic heterocycles. The second kappa shape index (κ2) is 9.14. The molecule has 6 N–H and O–H groups in total. The molecule has 0 aromatic heterocycles. The molecule has 10 nitrogen and oxygen atoms in total. The molecule has 0 spiro atoms. The van der Waals surface area contributed by atoms with Crippen molar-refractivity contribution in [3.05, 3.63) is 29.8 Å². The minimum absolute atomic E-state index is 0.147. The Balaban J connectivity index is 1.93. The molecule has 10 heteroatoms. The van der Waals surface area contributed by atoms with Crippen molar-refractivity contribution in [2.45, 2.75) is 62.9 Å². The van der Waals surface area contributed by atoms with Crippen molar-refractivity contribution < 1.29 is 49.6 Å². The zero-order valence-electron chi connectivity index (χ0n) is 15.5. The van der Waals surface area contributed by atoms with E-state index in [4.69, 9.17) is 14.2 Å². The van der Waals surface area contributed by atoms with Crippen LogP contribution in [0.3, 0.4) is 0 Å². The van der Waals surface area contributed by atoms with Gasteiger partial charge in [-0.1, -0.05) is 12.1 Å². The second-order valence-electron chi connectivity index (χ2n) is 7.12. The van der Waals surface area contributed by atoms with Gasteiger partial charge in [0.1, 0.15) is 36.8 Å².